The third-order valence-electron chi connectivity index (χ3n) is 3.21. The summed E-state index contributed by atoms with van der Waals surface area (Å²) < 4.78 is 5.37. The molecule has 0 spiro atoms. The number of carbonyl (C=O) groups excluding carboxylic acids is 1. The van der Waals surface area contributed by atoms with Crippen molar-refractivity contribution < 1.29 is 14.6 Å². The highest BCUT2D eigenvalue weighted by Gasteiger charge is 2.26. The molecule has 16 heavy (non-hydrogen) atoms. The molecular formula is C11H20N2O3. The molecule has 1 aliphatic heterocycles. The molecule has 2 fully saturated rings. The highest BCUT2D eigenvalue weighted by molar-refractivity contribution is 5.81. The van der Waals surface area contributed by atoms with Gasteiger partial charge in [0.05, 0.1) is 12.7 Å². The number of aliphatic hydroxyl groups excluding tert-OH is 1. The summed E-state index contributed by atoms with van der Waals surface area (Å²) in [5.74, 6) is -0.0497. The summed E-state index contributed by atoms with van der Waals surface area (Å²) >= 11 is 0. The van der Waals surface area contributed by atoms with Crippen LogP contribution in [-0.4, -0.2) is 49.0 Å². The standard InChI is InChI=1S/C11H20N2O3/c14-9-3-1-2-8(6-9)13-11(15)10-7-12-4-5-16-10/h8-10,12,14H,1-7H2,(H,13,15). The first-order valence-electron chi connectivity index (χ1n) is 6.06. The minimum Gasteiger partial charge on any atom is -0.393 e. The van der Waals surface area contributed by atoms with E-state index >= 15 is 0 Å². The van der Waals surface area contributed by atoms with E-state index in [-0.39, 0.29) is 24.2 Å². The van der Waals surface area contributed by atoms with Crippen molar-refractivity contribution in [3.05, 3.63) is 0 Å². The topological polar surface area (TPSA) is 70.6 Å². The highest BCUT2D eigenvalue weighted by Crippen LogP contribution is 2.18. The predicted octanol–water partition coefficient (Wildman–Crippen LogP) is -0.605. The van der Waals surface area contributed by atoms with Crippen LogP contribution in [-0.2, 0) is 9.53 Å². The predicted molar refractivity (Wildman–Crippen MR) is 59.0 cm³/mol. The van der Waals surface area contributed by atoms with Gasteiger partial charge in [0.1, 0.15) is 6.10 Å². The molecule has 0 aromatic rings. The van der Waals surface area contributed by atoms with Crippen molar-refractivity contribution in [3.8, 4) is 0 Å². The van der Waals surface area contributed by atoms with E-state index < -0.39 is 0 Å². The number of rotatable bonds is 2. The number of amides is 1. The Hall–Kier alpha value is -0.650. The van der Waals surface area contributed by atoms with E-state index in [2.05, 4.69) is 10.6 Å². The van der Waals surface area contributed by atoms with E-state index in [0.29, 0.717) is 19.6 Å². The summed E-state index contributed by atoms with van der Waals surface area (Å²) in [6.07, 6.45) is 2.84. The molecule has 0 radical (unpaired) electrons. The Morgan fingerprint density at radius 3 is 3.00 bits per heavy atom. The smallest absolute Gasteiger partial charge is 0.250 e. The normalized spacial score (nSPS) is 35.7. The lowest BCUT2D eigenvalue weighted by Gasteiger charge is -2.29. The van der Waals surface area contributed by atoms with Gasteiger partial charge in [0.25, 0.3) is 5.91 Å². The quantitative estimate of drug-likeness (QED) is 0.590. The molecule has 92 valence electrons. The van der Waals surface area contributed by atoms with Crippen LogP contribution >= 0.6 is 0 Å². The van der Waals surface area contributed by atoms with Gasteiger partial charge >= 0.3 is 0 Å². The summed E-state index contributed by atoms with van der Waals surface area (Å²) in [6, 6.07) is 0.113. The van der Waals surface area contributed by atoms with Crippen LogP contribution in [0.25, 0.3) is 0 Å². The first kappa shape index (κ1) is 11.8. The molecule has 5 nitrogen and oxygen atoms in total. The fourth-order valence-corrected chi connectivity index (χ4v) is 2.32. The number of morpholine rings is 1. The van der Waals surface area contributed by atoms with E-state index in [1.165, 1.54) is 0 Å². The Kier molecular flexibility index (Phi) is 4.15. The van der Waals surface area contributed by atoms with Gasteiger partial charge in [-0.2, -0.15) is 0 Å². The van der Waals surface area contributed by atoms with Crippen LogP contribution in [0.15, 0.2) is 0 Å². The molecule has 0 bridgehead atoms. The monoisotopic (exact) mass is 228 g/mol. The average molecular weight is 228 g/mol. The summed E-state index contributed by atoms with van der Waals surface area (Å²) in [5, 5.41) is 15.6. The van der Waals surface area contributed by atoms with Gasteiger partial charge in [0, 0.05) is 19.1 Å². The largest absolute Gasteiger partial charge is 0.393 e. The van der Waals surface area contributed by atoms with Gasteiger partial charge in [0.15, 0.2) is 0 Å². The highest BCUT2D eigenvalue weighted by atomic mass is 16.5. The van der Waals surface area contributed by atoms with Crippen LogP contribution in [0.3, 0.4) is 0 Å². The van der Waals surface area contributed by atoms with Crippen LogP contribution in [0.2, 0.25) is 0 Å². The fraction of sp³-hybridized carbons (Fsp3) is 0.909. The van der Waals surface area contributed by atoms with E-state index in [1.807, 2.05) is 0 Å². The Balaban J connectivity index is 1.77. The fourth-order valence-electron chi connectivity index (χ4n) is 2.32. The lowest BCUT2D eigenvalue weighted by atomic mass is 9.93. The van der Waals surface area contributed by atoms with E-state index in [9.17, 15) is 9.90 Å². The molecule has 2 aliphatic rings. The third kappa shape index (κ3) is 3.17. The van der Waals surface area contributed by atoms with Crippen LogP contribution in [0, 0.1) is 0 Å². The van der Waals surface area contributed by atoms with Gasteiger partial charge in [-0.3, -0.25) is 4.79 Å². The van der Waals surface area contributed by atoms with Crippen molar-refractivity contribution >= 4 is 5.91 Å². The molecule has 1 heterocycles. The molecule has 0 aromatic carbocycles. The third-order valence-corrected chi connectivity index (χ3v) is 3.21. The maximum absolute atomic E-state index is 11.8. The number of hydrogen-bond acceptors (Lipinski definition) is 4. The van der Waals surface area contributed by atoms with Gasteiger partial charge in [0.2, 0.25) is 0 Å². The molecule has 1 amide bonds. The molecule has 3 N–H and O–H groups in total. The first-order chi connectivity index (χ1) is 7.75. The summed E-state index contributed by atoms with van der Waals surface area (Å²) in [7, 11) is 0. The zero-order valence-corrected chi connectivity index (χ0v) is 9.45. The second-order valence-electron chi connectivity index (χ2n) is 4.59. The molecule has 2 rings (SSSR count). The van der Waals surface area contributed by atoms with Crippen LogP contribution < -0.4 is 10.6 Å². The number of ether oxygens (including phenoxy) is 1. The zero-order chi connectivity index (χ0) is 11.4. The maximum Gasteiger partial charge on any atom is 0.250 e. The molecule has 3 atom stereocenters. The zero-order valence-electron chi connectivity index (χ0n) is 9.45. The van der Waals surface area contributed by atoms with Gasteiger partial charge in [-0.1, -0.05) is 0 Å². The molecule has 5 heteroatoms. The van der Waals surface area contributed by atoms with Crippen molar-refractivity contribution in [2.45, 2.75) is 43.9 Å². The van der Waals surface area contributed by atoms with Crippen molar-refractivity contribution in [1.82, 2.24) is 10.6 Å². The minimum absolute atomic E-state index is 0.0497. The van der Waals surface area contributed by atoms with Gasteiger partial charge < -0.3 is 20.5 Å². The molecule has 0 aromatic heterocycles. The Morgan fingerprint density at radius 2 is 2.31 bits per heavy atom. The molecule has 3 unspecified atom stereocenters. The van der Waals surface area contributed by atoms with Gasteiger partial charge in [-0.05, 0) is 25.7 Å². The molecule has 1 saturated carbocycles. The van der Waals surface area contributed by atoms with Crippen molar-refractivity contribution in [2.75, 3.05) is 19.7 Å². The molecule has 1 saturated heterocycles. The summed E-state index contributed by atoms with van der Waals surface area (Å²) in [5.41, 5.74) is 0. The number of hydrogen-bond donors (Lipinski definition) is 3. The average Bonchev–Trinajstić information content (AvgIpc) is 2.30. The van der Waals surface area contributed by atoms with Crippen LogP contribution in [0.5, 0.6) is 0 Å². The van der Waals surface area contributed by atoms with Crippen molar-refractivity contribution in [3.63, 3.8) is 0 Å². The SMILES string of the molecule is O=C(NC1CCCC(O)C1)C1CNCCO1. The number of aliphatic hydroxyl groups is 1. The Morgan fingerprint density at radius 1 is 1.44 bits per heavy atom. The second kappa shape index (κ2) is 5.61. The van der Waals surface area contributed by atoms with Crippen LogP contribution in [0.1, 0.15) is 25.7 Å². The van der Waals surface area contributed by atoms with Gasteiger partial charge in [-0.25, -0.2) is 0 Å². The minimum atomic E-state index is -0.368. The van der Waals surface area contributed by atoms with E-state index in [4.69, 9.17) is 4.74 Å². The van der Waals surface area contributed by atoms with Crippen molar-refractivity contribution in [1.29, 1.82) is 0 Å². The number of nitrogens with one attached hydrogen (secondary N) is 2. The number of carbonyl (C=O) groups is 1. The summed E-state index contributed by atoms with van der Waals surface area (Å²) in [6.45, 7) is 1.98. The lowest BCUT2D eigenvalue weighted by Crippen LogP contribution is -2.51. The van der Waals surface area contributed by atoms with E-state index in [0.717, 1.165) is 25.8 Å². The molecule has 1 aliphatic carbocycles. The summed E-state index contributed by atoms with van der Waals surface area (Å²) in [4.78, 5) is 11.8. The van der Waals surface area contributed by atoms with Gasteiger partial charge in [-0.15, -0.1) is 0 Å². The van der Waals surface area contributed by atoms with Crippen molar-refractivity contribution in [2.24, 2.45) is 0 Å². The lowest BCUT2D eigenvalue weighted by molar-refractivity contribution is -0.135. The van der Waals surface area contributed by atoms with Crippen LogP contribution in [0.4, 0.5) is 0 Å². The Bertz CT molecular complexity index is 241. The second-order valence-corrected chi connectivity index (χ2v) is 4.59. The first-order valence-corrected chi connectivity index (χ1v) is 6.06. The molecular weight excluding hydrogens is 208 g/mol. The Labute approximate surface area is 95.5 Å². The maximum atomic E-state index is 11.8. The van der Waals surface area contributed by atoms with E-state index in [1.54, 1.807) is 0 Å².